The molecule has 1 aliphatic heterocycles. The van der Waals surface area contributed by atoms with Gasteiger partial charge in [0.1, 0.15) is 0 Å². The molecule has 34 heavy (non-hydrogen) atoms. The van der Waals surface area contributed by atoms with E-state index in [9.17, 15) is 0 Å². The summed E-state index contributed by atoms with van der Waals surface area (Å²) in [6.45, 7) is 4.13. The van der Waals surface area contributed by atoms with Crippen LogP contribution in [0.25, 0.3) is 28.1 Å². The van der Waals surface area contributed by atoms with Crippen molar-refractivity contribution in [2.45, 2.75) is 39.2 Å². The molecular formula is C29H27N5. The molecule has 3 aliphatic rings. The topological polar surface area (TPSA) is 55.1 Å². The number of hydrogen-bond acceptors (Lipinski definition) is 4. The highest BCUT2D eigenvalue weighted by atomic mass is 15.0. The standard InChI is InChI=1S/C29H27N5/c1-19-12-14-22(15-13-19)34-28-11-4-3-9-24(28)33-27-17-25(32-23-10-6-16-30-20(23)2)26(18-29(27)34)31-21-7-5-8-21/h3-4,6,9-18,21,32H,5,7-8H2,1-2H3. The number of nitrogens with zero attached hydrogens (tertiary/aromatic N) is 4. The van der Waals surface area contributed by atoms with Crippen molar-refractivity contribution >= 4 is 22.4 Å². The number of pyridine rings is 1. The van der Waals surface area contributed by atoms with E-state index in [1.165, 1.54) is 12.0 Å². The van der Waals surface area contributed by atoms with Gasteiger partial charge in [-0.05, 0) is 81.6 Å². The van der Waals surface area contributed by atoms with Crippen LogP contribution in [0.5, 0.6) is 0 Å². The van der Waals surface area contributed by atoms with E-state index in [1.807, 2.05) is 25.3 Å². The van der Waals surface area contributed by atoms with Gasteiger partial charge in [-0.25, -0.2) is 4.98 Å². The number of nitrogens with one attached hydrogen (secondary N) is 1. The lowest BCUT2D eigenvalue weighted by Gasteiger charge is -2.23. The quantitative estimate of drug-likeness (QED) is 0.329. The van der Waals surface area contributed by atoms with E-state index in [4.69, 9.17) is 9.98 Å². The van der Waals surface area contributed by atoms with Gasteiger partial charge in [0.2, 0.25) is 0 Å². The molecule has 0 atom stereocenters. The zero-order valence-corrected chi connectivity index (χ0v) is 19.5. The Kier molecular flexibility index (Phi) is 5.10. The van der Waals surface area contributed by atoms with Crippen LogP contribution in [0.2, 0.25) is 0 Å². The van der Waals surface area contributed by atoms with E-state index in [1.54, 1.807) is 0 Å². The minimum atomic E-state index is 0.384. The number of hydrogen-bond donors (Lipinski definition) is 1. The van der Waals surface area contributed by atoms with Crippen LogP contribution in [0.15, 0.2) is 84.0 Å². The van der Waals surface area contributed by atoms with Crippen molar-refractivity contribution < 1.29 is 0 Å². The molecule has 1 fully saturated rings. The van der Waals surface area contributed by atoms with Gasteiger partial charge >= 0.3 is 0 Å². The van der Waals surface area contributed by atoms with Crippen molar-refractivity contribution in [3.05, 3.63) is 95.6 Å². The third-order valence-electron chi connectivity index (χ3n) is 6.66. The van der Waals surface area contributed by atoms with Crippen molar-refractivity contribution in [2.75, 3.05) is 5.32 Å². The summed E-state index contributed by atoms with van der Waals surface area (Å²) in [4.78, 5) is 14.6. The smallest absolute Gasteiger partial charge is 0.0900 e. The number of benzene rings is 3. The summed E-state index contributed by atoms with van der Waals surface area (Å²) in [7, 11) is 0. The minimum Gasteiger partial charge on any atom is -0.352 e. The first kappa shape index (κ1) is 20.6. The Hall–Kier alpha value is -3.99. The molecule has 0 saturated heterocycles. The molecule has 5 nitrogen and oxygen atoms in total. The lowest BCUT2D eigenvalue weighted by molar-refractivity contribution is 0.413. The number of para-hydroxylation sites is 2. The Bertz CT molecular complexity index is 1530. The van der Waals surface area contributed by atoms with Gasteiger partial charge in [0, 0.05) is 11.9 Å². The largest absolute Gasteiger partial charge is 0.352 e. The van der Waals surface area contributed by atoms with Crippen LogP contribution < -0.4 is 10.7 Å². The van der Waals surface area contributed by atoms with Gasteiger partial charge in [-0.1, -0.05) is 29.8 Å². The highest BCUT2D eigenvalue weighted by Gasteiger charge is 2.19. The average molecular weight is 446 g/mol. The summed E-state index contributed by atoms with van der Waals surface area (Å²) in [6.07, 6.45) is 5.37. The summed E-state index contributed by atoms with van der Waals surface area (Å²) < 4.78 is 2.30. The van der Waals surface area contributed by atoms with E-state index in [-0.39, 0.29) is 0 Å². The van der Waals surface area contributed by atoms with Crippen molar-refractivity contribution in [1.29, 1.82) is 0 Å². The molecule has 0 radical (unpaired) electrons. The monoisotopic (exact) mass is 445 g/mol. The molecule has 168 valence electrons. The van der Waals surface area contributed by atoms with Crippen LogP contribution in [0.3, 0.4) is 0 Å². The van der Waals surface area contributed by atoms with Crippen LogP contribution in [0, 0.1) is 13.8 Å². The van der Waals surface area contributed by atoms with E-state index in [2.05, 4.69) is 82.5 Å². The summed E-state index contributed by atoms with van der Waals surface area (Å²) in [5.74, 6) is 0. The Morgan fingerprint density at radius 2 is 1.74 bits per heavy atom. The SMILES string of the molecule is Cc1ccc(-n2c3cc(=NC4CCC4)c(Nc4cccnc4C)cc-3nc3ccccc32)cc1. The third kappa shape index (κ3) is 3.73. The summed E-state index contributed by atoms with van der Waals surface area (Å²) in [6, 6.07) is 25.7. The van der Waals surface area contributed by atoms with E-state index >= 15 is 0 Å². The summed E-state index contributed by atoms with van der Waals surface area (Å²) in [5, 5.41) is 4.57. The van der Waals surface area contributed by atoms with Crippen molar-refractivity contribution in [3.8, 4) is 17.1 Å². The summed E-state index contributed by atoms with van der Waals surface area (Å²) >= 11 is 0. The number of aryl methyl sites for hydroxylation is 2. The van der Waals surface area contributed by atoms with Gasteiger partial charge in [0.15, 0.2) is 0 Å². The molecule has 1 aromatic heterocycles. The van der Waals surface area contributed by atoms with Crippen LogP contribution in [-0.2, 0) is 0 Å². The predicted molar refractivity (Wildman–Crippen MR) is 138 cm³/mol. The third-order valence-corrected chi connectivity index (χ3v) is 6.66. The van der Waals surface area contributed by atoms with Gasteiger partial charge in [-0.2, -0.15) is 0 Å². The van der Waals surface area contributed by atoms with Crippen molar-refractivity contribution in [3.63, 3.8) is 0 Å². The van der Waals surface area contributed by atoms with Crippen molar-refractivity contribution in [1.82, 2.24) is 14.5 Å². The maximum Gasteiger partial charge on any atom is 0.0900 e. The van der Waals surface area contributed by atoms with E-state index in [0.29, 0.717) is 6.04 Å². The molecule has 6 rings (SSSR count). The van der Waals surface area contributed by atoms with Gasteiger partial charge in [-0.15, -0.1) is 0 Å². The van der Waals surface area contributed by atoms with Gasteiger partial charge in [-0.3, -0.25) is 9.98 Å². The maximum absolute atomic E-state index is 5.15. The van der Waals surface area contributed by atoms with Gasteiger partial charge in [0.25, 0.3) is 0 Å². The molecule has 2 heterocycles. The Morgan fingerprint density at radius 1 is 0.912 bits per heavy atom. The number of anilines is 2. The van der Waals surface area contributed by atoms with Gasteiger partial charge in [0.05, 0.1) is 50.9 Å². The first-order valence-electron chi connectivity index (χ1n) is 11.9. The second kappa shape index (κ2) is 8.41. The molecule has 1 N–H and O–H groups in total. The number of fused-ring (bicyclic) bond motifs is 2. The molecule has 2 aromatic carbocycles. The molecule has 1 saturated carbocycles. The Balaban J connectivity index is 1.64. The Morgan fingerprint density at radius 3 is 2.50 bits per heavy atom. The zero-order valence-electron chi connectivity index (χ0n) is 19.5. The van der Waals surface area contributed by atoms with Crippen LogP contribution in [-0.4, -0.2) is 20.6 Å². The fraction of sp³-hybridized carbons (Fsp3) is 0.207. The molecular weight excluding hydrogens is 418 g/mol. The summed E-state index contributed by atoms with van der Waals surface area (Å²) in [5.41, 5.74) is 9.29. The number of rotatable bonds is 4. The van der Waals surface area contributed by atoms with Crippen LogP contribution in [0.4, 0.5) is 11.4 Å². The average Bonchev–Trinajstić information content (AvgIpc) is 2.82. The Labute approximate surface area is 199 Å². The lowest BCUT2D eigenvalue weighted by Crippen LogP contribution is -2.22. The second-order valence-electron chi connectivity index (χ2n) is 9.10. The lowest BCUT2D eigenvalue weighted by atomic mass is 9.94. The molecule has 0 spiro atoms. The van der Waals surface area contributed by atoms with Crippen LogP contribution in [0.1, 0.15) is 30.5 Å². The predicted octanol–water partition coefficient (Wildman–Crippen LogP) is 6.34. The minimum absolute atomic E-state index is 0.384. The molecule has 2 aliphatic carbocycles. The fourth-order valence-corrected chi connectivity index (χ4v) is 4.49. The molecule has 0 bridgehead atoms. The number of aromatic nitrogens is 3. The zero-order chi connectivity index (χ0) is 23.1. The molecule has 3 aromatic rings. The van der Waals surface area contributed by atoms with Crippen molar-refractivity contribution in [2.24, 2.45) is 4.99 Å². The second-order valence-corrected chi connectivity index (χ2v) is 9.10. The van der Waals surface area contributed by atoms with Crippen LogP contribution >= 0.6 is 0 Å². The first-order chi connectivity index (χ1) is 16.7. The first-order valence-corrected chi connectivity index (χ1v) is 11.9. The molecule has 0 unspecified atom stereocenters. The molecule has 5 heteroatoms. The maximum atomic E-state index is 5.15. The highest BCUT2D eigenvalue weighted by molar-refractivity contribution is 5.84. The van der Waals surface area contributed by atoms with E-state index in [0.717, 1.165) is 63.4 Å². The normalized spacial score (nSPS) is 14.5. The highest BCUT2D eigenvalue weighted by Crippen LogP contribution is 2.31. The van der Waals surface area contributed by atoms with E-state index < -0.39 is 0 Å². The fourth-order valence-electron chi connectivity index (χ4n) is 4.49. The van der Waals surface area contributed by atoms with Gasteiger partial charge < -0.3 is 9.88 Å². The molecule has 0 amide bonds.